The molecule has 1 aliphatic heterocycles. The number of hydrogen-bond donors (Lipinski definition) is 2. The predicted molar refractivity (Wildman–Crippen MR) is 75.3 cm³/mol. The van der Waals surface area contributed by atoms with Gasteiger partial charge in [0.25, 0.3) is 0 Å². The zero-order chi connectivity index (χ0) is 12.6. The first kappa shape index (κ1) is 12.0. The molecule has 1 unspecified atom stereocenters. The lowest BCUT2D eigenvalue weighted by Gasteiger charge is -2.27. The van der Waals surface area contributed by atoms with E-state index < -0.39 is 10.6 Å². The highest BCUT2D eigenvalue weighted by Crippen LogP contribution is 2.62. The average Bonchev–Trinajstić information content (AvgIpc) is 2.63. The van der Waals surface area contributed by atoms with Crippen LogP contribution in [0.5, 0.6) is 0 Å². The molecule has 2 aromatic rings. The van der Waals surface area contributed by atoms with Crippen LogP contribution in [0, 0.1) is 0 Å². The predicted octanol–water partition coefficient (Wildman–Crippen LogP) is 4.04. The van der Waals surface area contributed by atoms with Crippen molar-refractivity contribution in [3.8, 4) is 0 Å². The van der Waals surface area contributed by atoms with Gasteiger partial charge in [-0.05, 0) is 23.8 Å². The SMILES string of the molecule is OS1(O)CC(Sc2ccncc2)c2ccccc21. The van der Waals surface area contributed by atoms with Crippen LogP contribution in [0.25, 0.3) is 0 Å². The molecule has 0 saturated carbocycles. The number of aromatic nitrogens is 1. The smallest absolute Gasteiger partial charge is 0.0628 e. The Balaban J connectivity index is 1.92. The number of fused-ring (bicyclic) bond motifs is 1. The maximum absolute atomic E-state index is 10.1. The quantitative estimate of drug-likeness (QED) is 0.871. The van der Waals surface area contributed by atoms with Crippen molar-refractivity contribution in [2.45, 2.75) is 15.0 Å². The largest absolute Gasteiger partial charge is 0.295 e. The summed E-state index contributed by atoms with van der Waals surface area (Å²) in [6.45, 7) is 0. The number of rotatable bonds is 2. The highest BCUT2D eigenvalue weighted by molar-refractivity contribution is 8.25. The minimum absolute atomic E-state index is 0.105. The van der Waals surface area contributed by atoms with Crippen molar-refractivity contribution in [3.63, 3.8) is 0 Å². The van der Waals surface area contributed by atoms with E-state index in [0.717, 1.165) is 10.5 Å². The van der Waals surface area contributed by atoms with Gasteiger partial charge in [0.2, 0.25) is 0 Å². The van der Waals surface area contributed by atoms with E-state index in [9.17, 15) is 9.11 Å². The summed E-state index contributed by atoms with van der Waals surface area (Å²) < 4.78 is 20.2. The summed E-state index contributed by atoms with van der Waals surface area (Å²) in [5, 5.41) is 0.105. The van der Waals surface area contributed by atoms with Gasteiger partial charge in [0, 0.05) is 17.3 Å². The van der Waals surface area contributed by atoms with E-state index in [1.54, 1.807) is 24.2 Å². The van der Waals surface area contributed by atoms with Gasteiger partial charge in [0.15, 0.2) is 0 Å². The fourth-order valence-corrected chi connectivity index (χ4v) is 5.63. The highest BCUT2D eigenvalue weighted by Gasteiger charge is 2.35. The van der Waals surface area contributed by atoms with Gasteiger partial charge in [-0.3, -0.25) is 14.1 Å². The summed E-state index contributed by atoms with van der Waals surface area (Å²) in [6, 6.07) is 11.5. The van der Waals surface area contributed by atoms with Gasteiger partial charge in [-0.15, -0.1) is 11.8 Å². The fourth-order valence-electron chi connectivity index (χ4n) is 2.11. The topological polar surface area (TPSA) is 53.4 Å². The van der Waals surface area contributed by atoms with E-state index in [2.05, 4.69) is 4.98 Å². The lowest BCUT2D eigenvalue weighted by Crippen LogP contribution is -1.98. The summed E-state index contributed by atoms with van der Waals surface area (Å²) in [5.74, 6) is 0.402. The monoisotopic (exact) mass is 279 g/mol. The molecule has 0 fully saturated rings. The van der Waals surface area contributed by atoms with Crippen LogP contribution in [0.4, 0.5) is 0 Å². The van der Waals surface area contributed by atoms with Crippen LogP contribution < -0.4 is 0 Å². The number of pyridine rings is 1. The van der Waals surface area contributed by atoms with Crippen LogP contribution in [-0.4, -0.2) is 19.8 Å². The molecule has 3 rings (SSSR count). The second kappa shape index (κ2) is 4.59. The summed E-state index contributed by atoms with van der Waals surface area (Å²) in [6.07, 6.45) is 3.50. The standard InChI is InChI=1S/C13H13NO2S2/c15-18(16)9-12(11-3-1-2-4-13(11)18)17-10-5-7-14-8-6-10/h1-8,12,15-16H,9H2. The summed E-state index contributed by atoms with van der Waals surface area (Å²) in [4.78, 5) is 5.79. The summed E-state index contributed by atoms with van der Waals surface area (Å²) in [5.41, 5.74) is 1.04. The van der Waals surface area contributed by atoms with E-state index >= 15 is 0 Å². The minimum Gasteiger partial charge on any atom is -0.295 e. The molecule has 0 radical (unpaired) electrons. The van der Waals surface area contributed by atoms with Crippen LogP contribution in [-0.2, 0) is 0 Å². The Morgan fingerprint density at radius 1 is 1.11 bits per heavy atom. The van der Waals surface area contributed by atoms with Gasteiger partial charge in [-0.2, -0.15) is 10.6 Å². The van der Waals surface area contributed by atoms with E-state index in [4.69, 9.17) is 0 Å². The first-order chi connectivity index (χ1) is 8.67. The molecular weight excluding hydrogens is 266 g/mol. The van der Waals surface area contributed by atoms with E-state index in [-0.39, 0.29) is 5.25 Å². The molecule has 0 amide bonds. The maximum Gasteiger partial charge on any atom is 0.0628 e. The molecular formula is C13H13NO2S2. The van der Waals surface area contributed by atoms with Gasteiger partial charge in [0.05, 0.1) is 15.9 Å². The molecule has 18 heavy (non-hydrogen) atoms. The van der Waals surface area contributed by atoms with Gasteiger partial charge >= 0.3 is 0 Å². The fraction of sp³-hybridized carbons (Fsp3) is 0.154. The third-order valence-corrected chi connectivity index (χ3v) is 6.26. The normalized spacial score (nSPS) is 22.4. The van der Waals surface area contributed by atoms with Crippen molar-refractivity contribution < 1.29 is 9.11 Å². The number of hydrogen-bond acceptors (Lipinski definition) is 4. The van der Waals surface area contributed by atoms with Crippen LogP contribution >= 0.6 is 22.4 Å². The molecule has 1 atom stereocenters. The Kier molecular flexibility index (Phi) is 3.07. The van der Waals surface area contributed by atoms with Crippen LogP contribution in [0.2, 0.25) is 0 Å². The van der Waals surface area contributed by atoms with Crippen molar-refractivity contribution >= 4 is 22.4 Å². The number of nitrogens with zero attached hydrogens (tertiary/aromatic N) is 1. The third kappa shape index (κ3) is 2.14. The van der Waals surface area contributed by atoms with E-state index in [1.165, 1.54) is 0 Å². The van der Waals surface area contributed by atoms with E-state index in [1.807, 2.05) is 36.4 Å². The van der Waals surface area contributed by atoms with Crippen LogP contribution in [0.1, 0.15) is 10.8 Å². The van der Waals surface area contributed by atoms with Gasteiger partial charge in [-0.1, -0.05) is 18.2 Å². The molecule has 0 aliphatic carbocycles. The maximum atomic E-state index is 10.1. The molecule has 2 heterocycles. The van der Waals surface area contributed by atoms with Crippen LogP contribution in [0.3, 0.4) is 0 Å². The summed E-state index contributed by atoms with van der Waals surface area (Å²) in [7, 11) is -2.61. The van der Waals surface area contributed by atoms with Gasteiger partial charge in [0.1, 0.15) is 0 Å². The third-order valence-electron chi connectivity index (χ3n) is 2.93. The zero-order valence-electron chi connectivity index (χ0n) is 9.56. The number of thioether (sulfide) groups is 1. The Bertz CT molecular complexity index is 560. The Morgan fingerprint density at radius 2 is 1.83 bits per heavy atom. The Hall–Kier alpha value is -1.01. The van der Waals surface area contributed by atoms with Crippen molar-refractivity contribution in [2.75, 3.05) is 5.75 Å². The molecule has 0 bridgehead atoms. The lowest BCUT2D eigenvalue weighted by molar-refractivity contribution is 0.492. The molecule has 3 nitrogen and oxygen atoms in total. The average molecular weight is 279 g/mol. The first-order valence-electron chi connectivity index (χ1n) is 5.58. The van der Waals surface area contributed by atoms with Crippen molar-refractivity contribution in [1.82, 2.24) is 4.98 Å². The minimum atomic E-state index is -2.61. The van der Waals surface area contributed by atoms with Crippen molar-refractivity contribution in [1.29, 1.82) is 0 Å². The van der Waals surface area contributed by atoms with Gasteiger partial charge < -0.3 is 0 Å². The molecule has 5 heteroatoms. The zero-order valence-corrected chi connectivity index (χ0v) is 11.2. The molecule has 1 aromatic heterocycles. The second-order valence-corrected chi connectivity index (χ2v) is 7.54. The second-order valence-electron chi connectivity index (χ2n) is 4.16. The highest BCUT2D eigenvalue weighted by atomic mass is 32.3. The van der Waals surface area contributed by atoms with Gasteiger partial charge in [-0.25, -0.2) is 0 Å². The summed E-state index contributed by atoms with van der Waals surface area (Å²) >= 11 is 1.66. The van der Waals surface area contributed by atoms with Crippen LogP contribution in [0.15, 0.2) is 58.6 Å². The lowest BCUT2D eigenvalue weighted by atomic mass is 10.2. The van der Waals surface area contributed by atoms with Crippen molar-refractivity contribution in [2.24, 2.45) is 0 Å². The Labute approximate surface area is 112 Å². The first-order valence-corrected chi connectivity index (χ1v) is 8.18. The van der Waals surface area contributed by atoms with E-state index in [0.29, 0.717) is 10.6 Å². The number of benzene rings is 1. The molecule has 2 N–H and O–H groups in total. The molecule has 0 spiro atoms. The van der Waals surface area contributed by atoms with Crippen molar-refractivity contribution in [3.05, 3.63) is 54.4 Å². The molecule has 94 valence electrons. The molecule has 0 saturated heterocycles. The molecule has 1 aromatic carbocycles. The Morgan fingerprint density at radius 3 is 2.61 bits per heavy atom. The molecule has 1 aliphatic rings.